The number of benzene rings is 7. The van der Waals surface area contributed by atoms with Crippen LogP contribution in [0.5, 0.6) is 0 Å². The fourth-order valence-electron chi connectivity index (χ4n) is 6.82. The summed E-state index contributed by atoms with van der Waals surface area (Å²) in [6.45, 7) is 0. The van der Waals surface area contributed by atoms with Crippen LogP contribution >= 0.6 is 34.0 Å². The Kier molecular flexibility index (Phi) is 6.44. The average molecular weight is 667 g/mol. The third-order valence-corrected chi connectivity index (χ3v) is 12.5. The standard InChI is InChI=1S/C43H26N2S3/c1-3-9-27(10-4-1)28-15-17-30(18-16-28)45(31-19-21-37-34(25-31)33-13-7-8-14-36(33)46-37)32-20-22-38-35(26-32)41-39(47-38)23-24-40-42(41)44-43(48-40)29-11-5-2-6-12-29/h1-26H. The van der Waals surface area contributed by atoms with Crippen LogP contribution in [0.15, 0.2) is 158 Å². The minimum Gasteiger partial charge on any atom is -0.310 e. The molecular formula is C43H26N2S3. The van der Waals surface area contributed by atoms with E-state index in [0.717, 1.165) is 33.1 Å². The van der Waals surface area contributed by atoms with Gasteiger partial charge in [-0.3, -0.25) is 0 Å². The van der Waals surface area contributed by atoms with Crippen LogP contribution in [0, 0.1) is 0 Å². The van der Waals surface area contributed by atoms with Crippen molar-refractivity contribution in [1.82, 2.24) is 4.98 Å². The van der Waals surface area contributed by atoms with Crippen molar-refractivity contribution in [2.24, 2.45) is 0 Å². The molecule has 0 spiro atoms. The molecule has 7 aromatic carbocycles. The lowest BCUT2D eigenvalue weighted by Gasteiger charge is -2.26. The number of rotatable bonds is 5. The van der Waals surface area contributed by atoms with Crippen LogP contribution in [-0.2, 0) is 0 Å². The lowest BCUT2D eigenvalue weighted by atomic mass is 10.0. The van der Waals surface area contributed by atoms with Crippen molar-refractivity contribution in [3.8, 4) is 21.7 Å². The molecule has 0 aliphatic rings. The molecule has 0 aliphatic carbocycles. The lowest BCUT2D eigenvalue weighted by molar-refractivity contribution is 1.30. The molecule has 0 saturated heterocycles. The Bertz CT molecular complexity index is 2770. The van der Waals surface area contributed by atoms with Gasteiger partial charge in [-0.2, -0.15) is 0 Å². The highest BCUT2D eigenvalue weighted by molar-refractivity contribution is 7.26. The van der Waals surface area contributed by atoms with Crippen molar-refractivity contribution >= 4 is 102 Å². The van der Waals surface area contributed by atoms with Crippen molar-refractivity contribution in [3.63, 3.8) is 0 Å². The quantitative estimate of drug-likeness (QED) is 0.182. The molecule has 0 N–H and O–H groups in total. The summed E-state index contributed by atoms with van der Waals surface area (Å²) in [4.78, 5) is 7.64. The number of anilines is 3. The Morgan fingerprint density at radius 3 is 1.69 bits per heavy atom. The van der Waals surface area contributed by atoms with Crippen LogP contribution in [0.3, 0.4) is 0 Å². The van der Waals surface area contributed by atoms with Gasteiger partial charge in [-0.25, -0.2) is 4.98 Å². The maximum Gasteiger partial charge on any atom is 0.124 e. The van der Waals surface area contributed by atoms with E-state index in [-0.39, 0.29) is 0 Å². The zero-order valence-corrected chi connectivity index (χ0v) is 28.1. The Morgan fingerprint density at radius 2 is 0.917 bits per heavy atom. The highest BCUT2D eigenvalue weighted by Crippen LogP contribution is 2.45. The number of hydrogen-bond acceptors (Lipinski definition) is 5. The number of aromatic nitrogens is 1. The van der Waals surface area contributed by atoms with E-state index in [2.05, 4.69) is 163 Å². The first-order chi connectivity index (χ1) is 23.8. The predicted octanol–water partition coefficient (Wildman–Crippen LogP) is 13.8. The number of nitrogens with zero attached hydrogens (tertiary/aromatic N) is 2. The van der Waals surface area contributed by atoms with Crippen LogP contribution < -0.4 is 4.90 Å². The van der Waals surface area contributed by atoms with Crippen molar-refractivity contribution in [1.29, 1.82) is 0 Å². The Balaban J connectivity index is 1.18. The Labute approximate surface area is 289 Å². The molecule has 10 aromatic rings. The monoisotopic (exact) mass is 666 g/mol. The van der Waals surface area contributed by atoms with Crippen molar-refractivity contribution in [2.75, 3.05) is 4.90 Å². The van der Waals surface area contributed by atoms with E-state index in [1.165, 1.54) is 56.2 Å². The van der Waals surface area contributed by atoms with E-state index in [1.54, 1.807) is 11.3 Å². The second-order valence-corrected chi connectivity index (χ2v) is 15.2. The van der Waals surface area contributed by atoms with Crippen LogP contribution in [0.4, 0.5) is 17.1 Å². The zero-order valence-electron chi connectivity index (χ0n) is 25.6. The fourth-order valence-corrected chi connectivity index (χ4v) is 9.97. The molecule has 0 radical (unpaired) electrons. The maximum atomic E-state index is 5.23. The van der Waals surface area contributed by atoms with Gasteiger partial charge in [0.1, 0.15) is 5.01 Å². The minimum absolute atomic E-state index is 1.06. The van der Waals surface area contributed by atoms with Gasteiger partial charge in [0.25, 0.3) is 0 Å². The maximum absolute atomic E-state index is 5.23. The predicted molar refractivity (Wildman–Crippen MR) is 211 cm³/mol. The van der Waals surface area contributed by atoms with E-state index >= 15 is 0 Å². The van der Waals surface area contributed by atoms with Gasteiger partial charge in [-0.05, 0) is 77.9 Å². The van der Waals surface area contributed by atoms with Crippen molar-refractivity contribution in [2.45, 2.75) is 0 Å². The number of thiophene rings is 2. The third-order valence-electron chi connectivity index (χ3n) is 9.11. The molecule has 0 amide bonds. The first-order valence-electron chi connectivity index (χ1n) is 15.9. The van der Waals surface area contributed by atoms with Gasteiger partial charge >= 0.3 is 0 Å². The summed E-state index contributed by atoms with van der Waals surface area (Å²) in [6, 6.07) is 57.1. The number of fused-ring (bicyclic) bond motifs is 8. The van der Waals surface area contributed by atoms with Gasteiger partial charge in [0.05, 0.1) is 10.2 Å². The molecule has 0 unspecified atom stereocenters. The molecule has 2 nitrogen and oxygen atoms in total. The summed E-state index contributed by atoms with van der Waals surface area (Å²) in [5.41, 5.74) is 8.07. The molecule has 48 heavy (non-hydrogen) atoms. The largest absolute Gasteiger partial charge is 0.310 e. The Morgan fingerprint density at radius 1 is 0.375 bits per heavy atom. The van der Waals surface area contributed by atoms with Gasteiger partial charge in [0.15, 0.2) is 0 Å². The van der Waals surface area contributed by atoms with E-state index in [4.69, 9.17) is 4.98 Å². The van der Waals surface area contributed by atoms with Gasteiger partial charge < -0.3 is 4.90 Å². The molecule has 10 rings (SSSR count). The molecule has 0 aliphatic heterocycles. The normalized spacial score (nSPS) is 11.8. The van der Waals surface area contributed by atoms with E-state index in [9.17, 15) is 0 Å². The summed E-state index contributed by atoms with van der Waals surface area (Å²) in [6.07, 6.45) is 0. The molecule has 5 heteroatoms. The summed E-state index contributed by atoms with van der Waals surface area (Å²) in [5, 5.41) is 6.14. The molecule has 0 saturated carbocycles. The molecule has 226 valence electrons. The summed E-state index contributed by atoms with van der Waals surface area (Å²) in [5.74, 6) is 0. The van der Waals surface area contributed by atoms with Crippen LogP contribution in [0.1, 0.15) is 0 Å². The molecule has 3 aromatic heterocycles. The SMILES string of the molecule is c1ccc(-c2ccc(N(c3ccc4sc5ccccc5c4c3)c3ccc4sc5ccc6sc(-c7ccccc7)nc6c5c4c3)cc2)cc1. The van der Waals surface area contributed by atoms with Crippen LogP contribution in [-0.4, -0.2) is 4.98 Å². The molecule has 3 heterocycles. The smallest absolute Gasteiger partial charge is 0.124 e. The van der Waals surface area contributed by atoms with Gasteiger partial charge in [-0.1, -0.05) is 91.0 Å². The minimum atomic E-state index is 1.06. The molecule has 0 fully saturated rings. The lowest BCUT2D eigenvalue weighted by Crippen LogP contribution is -2.09. The highest BCUT2D eigenvalue weighted by atomic mass is 32.1. The second-order valence-electron chi connectivity index (χ2n) is 12.0. The highest BCUT2D eigenvalue weighted by Gasteiger charge is 2.19. The van der Waals surface area contributed by atoms with Gasteiger partial charge in [-0.15, -0.1) is 34.0 Å². The summed E-state index contributed by atoms with van der Waals surface area (Å²) >= 11 is 5.47. The van der Waals surface area contributed by atoms with Crippen molar-refractivity contribution < 1.29 is 0 Å². The molecule has 0 bridgehead atoms. The van der Waals surface area contributed by atoms with Crippen LogP contribution in [0.25, 0.3) is 72.3 Å². The molecule has 0 atom stereocenters. The van der Waals surface area contributed by atoms with E-state index < -0.39 is 0 Å². The third kappa shape index (κ3) is 4.54. The van der Waals surface area contributed by atoms with E-state index in [0.29, 0.717) is 0 Å². The zero-order chi connectivity index (χ0) is 31.6. The topological polar surface area (TPSA) is 16.1 Å². The van der Waals surface area contributed by atoms with Crippen molar-refractivity contribution in [3.05, 3.63) is 158 Å². The van der Waals surface area contributed by atoms with Gasteiger partial charge in [0, 0.05) is 63.0 Å². The summed E-state index contributed by atoms with van der Waals surface area (Å²) in [7, 11) is 0. The first-order valence-corrected chi connectivity index (χ1v) is 18.4. The van der Waals surface area contributed by atoms with Crippen LogP contribution in [0.2, 0.25) is 0 Å². The number of thiazole rings is 1. The average Bonchev–Trinajstić information content (AvgIpc) is 3.86. The second kappa shape index (κ2) is 11.1. The van der Waals surface area contributed by atoms with Gasteiger partial charge in [0.2, 0.25) is 0 Å². The Hall–Kier alpha value is -5.33. The van der Waals surface area contributed by atoms with E-state index in [1.807, 2.05) is 22.7 Å². The fraction of sp³-hybridized carbons (Fsp3) is 0. The first kappa shape index (κ1) is 27.8. The number of hydrogen-bond donors (Lipinski definition) is 0. The summed E-state index contributed by atoms with van der Waals surface area (Å²) < 4.78 is 6.38. The molecular weight excluding hydrogens is 641 g/mol.